The molecule has 0 aliphatic heterocycles. The third-order valence-corrected chi connectivity index (χ3v) is 2.64. The van der Waals surface area contributed by atoms with Crippen LogP contribution < -0.4 is 5.73 Å². The molecule has 0 aliphatic rings. The van der Waals surface area contributed by atoms with E-state index >= 15 is 0 Å². The quantitative estimate of drug-likeness (QED) is 0.596. The number of benzene rings is 1. The predicted molar refractivity (Wildman–Crippen MR) is 64.6 cm³/mol. The number of H-pyrrole nitrogens is 1. The van der Waals surface area contributed by atoms with Crippen LogP contribution in [0.3, 0.4) is 0 Å². The molecule has 0 spiro atoms. The molecule has 3 N–H and O–H groups in total. The van der Waals surface area contributed by atoms with Crippen LogP contribution in [-0.2, 0) is 0 Å². The van der Waals surface area contributed by atoms with Gasteiger partial charge >= 0.3 is 0 Å². The number of carbonyl (C=O) groups excluding carboxylic acids is 1. The Kier molecular flexibility index (Phi) is 2.52. The molecule has 0 saturated carbocycles. The van der Waals surface area contributed by atoms with Crippen LogP contribution in [0.4, 0.5) is 5.69 Å². The monoisotopic (exact) mass is 214 g/mol. The lowest BCUT2D eigenvalue weighted by Crippen LogP contribution is -2.06. The third kappa shape index (κ3) is 1.72. The van der Waals surface area contributed by atoms with E-state index in [1.807, 2.05) is 32.0 Å². The van der Waals surface area contributed by atoms with Crippen LogP contribution in [0, 0.1) is 13.8 Å². The Hall–Kier alpha value is -2.03. The molecule has 0 radical (unpaired) electrons. The average Bonchev–Trinajstić information content (AvgIpc) is 2.68. The highest BCUT2D eigenvalue weighted by Crippen LogP contribution is 2.19. The predicted octanol–water partition coefficient (Wildman–Crippen LogP) is 2.44. The SMILES string of the molecule is Cc1c[nH]c(C(=O)c2cccc(C)c2N)c1. The zero-order valence-corrected chi connectivity index (χ0v) is 9.37. The molecule has 82 valence electrons. The minimum atomic E-state index is -0.0608. The van der Waals surface area contributed by atoms with Gasteiger partial charge in [-0.1, -0.05) is 12.1 Å². The maximum Gasteiger partial charge on any atom is 0.211 e. The highest BCUT2D eigenvalue weighted by molar-refractivity contribution is 6.11. The molecule has 0 amide bonds. The summed E-state index contributed by atoms with van der Waals surface area (Å²) in [6, 6.07) is 7.31. The highest BCUT2D eigenvalue weighted by atomic mass is 16.1. The molecule has 1 heterocycles. The molecule has 1 aromatic carbocycles. The zero-order valence-electron chi connectivity index (χ0n) is 9.37. The van der Waals surface area contributed by atoms with Crippen LogP contribution >= 0.6 is 0 Å². The normalized spacial score (nSPS) is 10.4. The fourth-order valence-corrected chi connectivity index (χ4v) is 1.66. The van der Waals surface area contributed by atoms with Gasteiger partial charge in [-0.15, -0.1) is 0 Å². The van der Waals surface area contributed by atoms with Crippen LogP contribution in [0.15, 0.2) is 30.5 Å². The fraction of sp³-hybridized carbons (Fsp3) is 0.154. The van der Waals surface area contributed by atoms with Crippen molar-refractivity contribution in [2.45, 2.75) is 13.8 Å². The van der Waals surface area contributed by atoms with Crippen molar-refractivity contribution in [1.29, 1.82) is 0 Å². The number of hydrogen-bond donors (Lipinski definition) is 2. The van der Waals surface area contributed by atoms with E-state index in [9.17, 15) is 4.79 Å². The van der Waals surface area contributed by atoms with E-state index in [0.29, 0.717) is 16.9 Å². The Balaban J connectivity index is 2.45. The third-order valence-electron chi connectivity index (χ3n) is 2.64. The lowest BCUT2D eigenvalue weighted by Gasteiger charge is -2.05. The number of ketones is 1. The van der Waals surface area contributed by atoms with Crippen LogP contribution in [-0.4, -0.2) is 10.8 Å². The first-order chi connectivity index (χ1) is 7.59. The first-order valence-electron chi connectivity index (χ1n) is 5.14. The van der Waals surface area contributed by atoms with Gasteiger partial charge in [0.1, 0.15) is 0 Å². The number of rotatable bonds is 2. The number of anilines is 1. The van der Waals surface area contributed by atoms with Gasteiger partial charge in [0.05, 0.1) is 5.69 Å². The molecule has 0 bridgehead atoms. The van der Waals surface area contributed by atoms with Gasteiger partial charge in [0.15, 0.2) is 0 Å². The van der Waals surface area contributed by atoms with Crippen molar-refractivity contribution in [1.82, 2.24) is 4.98 Å². The Morgan fingerprint density at radius 1 is 1.31 bits per heavy atom. The molecule has 3 nitrogen and oxygen atoms in total. The van der Waals surface area contributed by atoms with E-state index in [0.717, 1.165) is 11.1 Å². The minimum absolute atomic E-state index is 0.0608. The van der Waals surface area contributed by atoms with Crippen molar-refractivity contribution < 1.29 is 4.79 Å². The van der Waals surface area contributed by atoms with Gasteiger partial charge in [-0.3, -0.25) is 4.79 Å². The lowest BCUT2D eigenvalue weighted by molar-refractivity contribution is 0.103. The van der Waals surface area contributed by atoms with Crippen LogP contribution in [0.1, 0.15) is 27.2 Å². The van der Waals surface area contributed by atoms with E-state index in [4.69, 9.17) is 5.73 Å². The maximum absolute atomic E-state index is 12.1. The van der Waals surface area contributed by atoms with Gasteiger partial charge in [-0.2, -0.15) is 0 Å². The van der Waals surface area contributed by atoms with Gasteiger partial charge in [-0.05, 0) is 37.1 Å². The largest absolute Gasteiger partial charge is 0.398 e. The number of hydrogen-bond acceptors (Lipinski definition) is 2. The van der Waals surface area contributed by atoms with Gasteiger partial charge in [0, 0.05) is 17.4 Å². The Morgan fingerprint density at radius 2 is 2.06 bits per heavy atom. The summed E-state index contributed by atoms with van der Waals surface area (Å²) < 4.78 is 0. The number of nitrogens with one attached hydrogen (secondary N) is 1. The molecule has 0 saturated heterocycles. The summed E-state index contributed by atoms with van der Waals surface area (Å²) in [5.41, 5.74) is 9.55. The maximum atomic E-state index is 12.1. The van der Waals surface area contributed by atoms with Crippen molar-refractivity contribution in [2.75, 3.05) is 5.73 Å². The number of para-hydroxylation sites is 1. The number of aromatic nitrogens is 1. The van der Waals surface area contributed by atoms with Crippen molar-refractivity contribution in [3.05, 3.63) is 52.8 Å². The van der Waals surface area contributed by atoms with E-state index in [2.05, 4.69) is 4.98 Å². The highest BCUT2D eigenvalue weighted by Gasteiger charge is 2.14. The smallest absolute Gasteiger partial charge is 0.211 e. The second-order valence-electron chi connectivity index (χ2n) is 3.96. The summed E-state index contributed by atoms with van der Waals surface area (Å²) in [6.07, 6.45) is 1.80. The Morgan fingerprint density at radius 3 is 2.69 bits per heavy atom. The molecule has 2 rings (SSSR count). The van der Waals surface area contributed by atoms with E-state index in [1.165, 1.54) is 0 Å². The molecule has 0 aliphatic carbocycles. The lowest BCUT2D eigenvalue weighted by atomic mass is 10.0. The van der Waals surface area contributed by atoms with Gasteiger partial charge in [0.2, 0.25) is 5.78 Å². The Bertz CT molecular complexity index is 541. The molecule has 3 heteroatoms. The van der Waals surface area contributed by atoms with Crippen molar-refractivity contribution in [3.8, 4) is 0 Å². The molecule has 0 fully saturated rings. The van der Waals surface area contributed by atoms with E-state index < -0.39 is 0 Å². The van der Waals surface area contributed by atoms with Crippen LogP contribution in [0.25, 0.3) is 0 Å². The first kappa shape index (κ1) is 10.5. The molecule has 0 atom stereocenters. The Labute approximate surface area is 94.3 Å². The standard InChI is InChI=1S/C13H14N2O/c1-8-6-11(15-7-8)13(16)10-5-3-4-9(2)12(10)14/h3-7,15H,14H2,1-2H3. The number of nitrogen functional groups attached to an aromatic ring is 1. The molecule has 1 aromatic heterocycles. The topological polar surface area (TPSA) is 58.9 Å². The van der Waals surface area contributed by atoms with Crippen molar-refractivity contribution in [2.24, 2.45) is 0 Å². The van der Waals surface area contributed by atoms with Crippen molar-refractivity contribution >= 4 is 11.5 Å². The second-order valence-corrected chi connectivity index (χ2v) is 3.96. The summed E-state index contributed by atoms with van der Waals surface area (Å²) in [5.74, 6) is -0.0608. The zero-order chi connectivity index (χ0) is 11.7. The number of aromatic amines is 1. The summed E-state index contributed by atoms with van der Waals surface area (Å²) in [5, 5.41) is 0. The molecule has 16 heavy (non-hydrogen) atoms. The first-order valence-corrected chi connectivity index (χ1v) is 5.14. The number of carbonyl (C=O) groups is 1. The van der Waals surface area contributed by atoms with Crippen molar-refractivity contribution in [3.63, 3.8) is 0 Å². The van der Waals surface area contributed by atoms with Gasteiger partial charge < -0.3 is 10.7 Å². The van der Waals surface area contributed by atoms with Crippen LogP contribution in [0.5, 0.6) is 0 Å². The molecule has 2 aromatic rings. The molecular formula is C13H14N2O. The molecular weight excluding hydrogens is 200 g/mol. The summed E-state index contributed by atoms with van der Waals surface area (Å²) in [6.45, 7) is 3.83. The van der Waals surface area contributed by atoms with E-state index in [-0.39, 0.29) is 5.78 Å². The second kappa shape index (κ2) is 3.85. The molecule has 0 unspecified atom stereocenters. The van der Waals surface area contributed by atoms with Crippen LogP contribution in [0.2, 0.25) is 0 Å². The van der Waals surface area contributed by atoms with Gasteiger partial charge in [0.25, 0.3) is 0 Å². The van der Waals surface area contributed by atoms with E-state index in [1.54, 1.807) is 12.3 Å². The average molecular weight is 214 g/mol. The minimum Gasteiger partial charge on any atom is -0.398 e. The number of aryl methyl sites for hydroxylation is 2. The fourth-order valence-electron chi connectivity index (χ4n) is 1.66. The summed E-state index contributed by atoms with van der Waals surface area (Å²) >= 11 is 0. The summed E-state index contributed by atoms with van der Waals surface area (Å²) in [4.78, 5) is 15.1. The number of nitrogens with two attached hydrogens (primary N) is 1. The van der Waals surface area contributed by atoms with Gasteiger partial charge in [-0.25, -0.2) is 0 Å². The summed E-state index contributed by atoms with van der Waals surface area (Å²) in [7, 11) is 0.